The third-order valence-electron chi connectivity index (χ3n) is 2.02. The Morgan fingerprint density at radius 1 is 1.36 bits per heavy atom. The highest BCUT2D eigenvalue weighted by molar-refractivity contribution is 5.57. The van der Waals surface area contributed by atoms with E-state index in [0.717, 1.165) is 23.4 Å². The lowest BCUT2D eigenvalue weighted by atomic mass is 10.2. The molecular weight excluding hydrogens is 176 g/mol. The van der Waals surface area contributed by atoms with Crippen molar-refractivity contribution < 1.29 is 0 Å². The lowest BCUT2D eigenvalue weighted by molar-refractivity contribution is 0.935. The van der Waals surface area contributed by atoms with Gasteiger partial charge in [-0.25, -0.2) is 0 Å². The van der Waals surface area contributed by atoms with Crippen molar-refractivity contribution >= 4 is 0 Å². The third kappa shape index (κ3) is 1.80. The summed E-state index contributed by atoms with van der Waals surface area (Å²) in [6.45, 7) is 0.653. The van der Waals surface area contributed by atoms with Crippen molar-refractivity contribution in [3.63, 3.8) is 0 Å². The molecule has 0 fully saturated rings. The van der Waals surface area contributed by atoms with Gasteiger partial charge in [0.05, 0.1) is 11.9 Å². The summed E-state index contributed by atoms with van der Waals surface area (Å²) in [4.78, 5) is 11.4. The highest BCUT2D eigenvalue weighted by atomic mass is 14.8. The van der Waals surface area contributed by atoms with E-state index in [0.29, 0.717) is 6.54 Å². The smallest absolute Gasteiger partial charge is 0.0900 e. The van der Waals surface area contributed by atoms with Gasteiger partial charge in [-0.05, 0) is 19.0 Å². The summed E-state index contributed by atoms with van der Waals surface area (Å²) >= 11 is 0. The lowest BCUT2D eigenvalue weighted by Gasteiger charge is -1.93. The standard InChI is InChI=1S/C10H12N4/c11-2-1-9-5-8(6-14-9)10-7-12-3-4-13-10/h3-7,14H,1-2,11H2. The summed E-state index contributed by atoms with van der Waals surface area (Å²) in [6, 6.07) is 2.05. The third-order valence-corrected chi connectivity index (χ3v) is 2.02. The van der Waals surface area contributed by atoms with Gasteiger partial charge in [-0.15, -0.1) is 0 Å². The summed E-state index contributed by atoms with van der Waals surface area (Å²) in [5, 5.41) is 0. The zero-order valence-electron chi connectivity index (χ0n) is 7.77. The van der Waals surface area contributed by atoms with Gasteiger partial charge in [-0.3, -0.25) is 9.97 Å². The summed E-state index contributed by atoms with van der Waals surface area (Å²) in [5.41, 5.74) is 8.53. The lowest BCUT2D eigenvalue weighted by Crippen LogP contribution is -2.02. The van der Waals surface area contributed by atoms with Crippen LogP contribution in [0.25, 0.3) is 11.3 Å². The molecule has 0 atom stereocenters. The van der Waals surface area contributed by atoms with Crippen molar-refractivity contribution in [3.05, 3.63) is 36.5 Å². The number of nitrogens with one attached hydrogen (secondary N) is 1. The molecule has 0 saturated heterocycles. The second-order valence-electron chi connectivity index (χ2n) is 3.04. The van der Waals surface area contributed by atoms with Gasteiger partial charge < -0.3 is 10.7 Å². The number of hydrogen-bond donors (Lipinski definition) is 2. The second kappa shape index (κ2) is 4.02. The molecule has 4 heteroatoms. The summed E-state index contributed by atoms with van der Waals surface area (Å²) in [7, 11) is 0. The van der Waals surface area contributed by atoms with E-state index in [1.165, 1.54) is 0 Å². The fourth-order valence-electron chi connectivity index (χ4n) is 1.34. The van der Waals surface area contributed by atoms with Gasteiger partial charge in [0, 0.05) is 29.8 Å². The van der Waals surface area contributed by atoms with Crippen LogP contribution >= 0.6 is 0 Å². The van der Waals surface area contributed by atoms with Crippen molar-refractivity contribution in [2.45, 2.75) is 6.42 Å². The molecule has 0 aromatic carbocycles. The molecule has 2 aromatic heterocycles. The Labute approximate surface area is 82.2 Å². The Morgan fingerprint density at radius 2 is 2.29 bits per heavy atom. The molecule has 2 heterocycles. The molecule has 0 aliphatic heterocycles. The van der Waals surface area contributed by atoms with Crippen molar-refractivity contribution in [1.82, 2.24) is 15.0 Å². The highest BCUT2D eigenvalue weighted by Crippen LogP contribution is 2.16. The molecule has 72 valence electrons. The number of aromatic amines is 1. The topological polar surface area (TPSA) is 67.6 Å². The Morgan fingerprint density at radius 3 is 3.00 bits per heavy atom. The van der Waals surface area contributed by atoms with Gasteiger partial charge in [0.1, 0.15) is 0 Å². The van der Waals surface area contributed by atoms with E-state index in [-0.39, 0.29) is 0 Å². The van der Waals surface area contributed by atoms with Gasteiger partial charge in [-0.1, -0.05) is 0 Å². The van der Waals surface area contributed by atoms with Crippen LogP contribution in [0.15, 0.2) is 30.9 Å². The average molecular weight is 188 g/mol. The maximum atomic E-state index is 5.46. The Balaban J connectivity index is 2.25. The van der Waals surface area contributed by atoms with Crippen molar-refractivity contribution in [3.8, 4) is 11.3 Å². The summed E-state index contributed by atoms with van der Waals surface area (Å²) < 4.78 is 0. The molecule has 0 spiro atoms. The molecule has 0 amide bonds. The first-order valence-corrected chi connectivity index (χ1v) is 4.54. The van der Waals surface area contributed by atoms with Crippen LogP contribution in [0.5, 0.6) is 0 Å². The van der Waals surface area contributed by atoms with Gasteiger partial charge in [0.2, 0.25) is 0 Å². The molecule has 2 aromatic rings. The maximum Gasteiger partial charge on any atom is 0.0900 e. The highest BCUT2D eigenvalue weighted by Gasteiger charge is 2.01. The number of nitrogens with two attached hydrogens (primary N) is 1. The fraction of sp³-hybridized carbons (Fsp3) is 0.200. The normalized spacial score (nSPS) is 10.4. The largest absolute Gasteiger partial charge is 0.364 e. The zero-order valence-corrected chi connectivity index (χ0v) is 7.77. The van der Waals surface area contributed by atoms with Gasteiger partial charge >= 0.3 is 0 Å². The predicted octanol–water partition coefficient (Wildman–Crippen LogP) is 0.973. The predicted molar refractivity (Wildman–Crippen MR) is 54.6 cm³/mol. The molecule has 0 bridgehead atoms. The first-order valence-electron chi connectivity index (χ1n) is 4.54. The molecule has 3 N–H and O–H groups in total. The monoisotopic (exact) mass is 188 g/mol. The minimum atomic E-state index is 0.653. The second-order valence-corrected chi connectivity index (χ2v) is 3.04. The van der Waals surface area contributed by atoms with Gasteiger partial charge in [0.25, 0.3) is 0 Å². The van der Waals surface area contributed by atoms with E-state index in [4.69, 9.17) is 5.73 Å². The number of H-pyrrole nitrogens is 1. The molecular formula is C10H12N4. The Kier molecular flexibility index (Phi) is 2.55. The number of nitrogens with zero attached hydrogens (tertiary/aromatic N) is 2. The molecule has 0 saturated carbocycles. The minimum absolute atomic E-state index is 0.653. The van der Waals surface area contributed by atoms with E-state index >= 15 is 0 Å². The zero-order chi connectivity index (χ0) is 9.80. The van der Waals surface area contributed by atoms with Crippen LogP contribution in [0.2, 0.25) is 0 Å². The number of hydrogen-bond acceptors (Lipinski definition) is 3. The molecule has 14 heavy (non-hydrogen) atoms. The Bertz CT molecular complexity index is 394. The van der Waals surface area contributed by atoms with Crippen molar-refractivity contribution in [1.29, 1.82) is 0 Å². The Hall–Kier alpha value is -1.68. The van der Waals surface area contributed by atoms with E-state index < -0.39 is 0 Å². The first kappa shape index (κ1) is 8.90. The molecule has 0 aliphatic carbocycles. The average Bonchev–Trinajstić information content (AvgIpc) is 2.68. The van der Waals surface area contributed by atoms with Crippen LogP contribution in [0.4, 0.5) is 0 Å². The molecule has 0 radical (unpaired) electrons. The molecule has 0 unspecified atom stereocenters. The van der Waals surface area contributed by atoms with Crippen LogP contribution in [-0.4, -0.2) is 21.5 Å². The number of rotatable bonds is 3. The van der Waals surface area contributed by atoms with Crippen molar-refractivity contribution in [2.75, 3.05) is 6.54 Å². The van der Waals surface area contributed by atoms with Crippen LogP contribution in [0.1, 0.15) is 5.69 Å². The molecule has 0 aliphatic rings. The first-order chi connectivity index (χ1) is 6.90. The van der Waals surface area contributed by atoms with E-state index in [2.05, 4.69) is 21.0 Å². The summed E-state index contributed by atoms with van der Waals surface area (Å²) in [6.07, 6.45) is 7.88. The molecule has 4 nitrogen and oxygen atoms in total. The minimum Gasteiger partial charge on any atom is -0.364 e. The van der Waals surface area contributed by atoms with Crippen LogP contribution in [0, 0.1) is 0 Å². The van der Waals surface area contributed by atoms with Gasteiger partial charge in [0.15, 0.2) is 0 Å². The van der Waals surface area contributed by atoms with E-state index in [1.54, 1.807) is 18.6 Å². The van der Waals surface area contributed by atoms with Crippen LogP contribution in [0.3, 0.4) is 0 Å². The SMILES string of the molecule is NCCc1cc(-c2cnccn2)c[nH]1. The van der Waals surface area contributed by atoms with Crippen molar-refractivity contribution in [2.24, 2.45) is 5.73 Å². The van der Waals surface area contributed by atoms with E-state index in [1.807, 2.05) is 6.20 Å². The van der Waals surface area contributed by atoms with E-state index in [9.17, 15) is 0 Å². The summed E-state index contributed by atoms with van der Waals surface area (Å²) in [5.74, 6) is 0. The fourth-order valence-corrected chi connectivity index (χ4v) is 1.34. The quantitative estimate of drug-likeness (QED) is 0.754. The number of aromatic nitrogens is 3. The maximum absolute atomic E-state index is 5.46. The van der Waals surface area contributed by atoms with Gasteiger partial charge in [-0.2, -0.15) is 0 Å². The van der Waals surface area contributed by atoms with Crippen LogP contribution < -0.4 is 5.73 Å². The molecule has 2 rings (SSSR count). The van der Waals surface area contributed by atoms with Crippen LogP contribution in [-0.2, 0) is 6.42 Å².